The number of nitrogens with zero attached hydrogens (tertiary/aromatic N) is 3. The lowest BCUT2D eigenvalue weighted by Crippen LogP contribution is -2.46. The summed E-state index contributed by atoms with van der Waals surface area (Å²) in [5.74, 6) is 0. The second-order valence-electron chi connectivity index (χ2n) is 4.35. The van der Waals surface area contributed by atoms with Gasteiger partial charge >= 0.3 is 6.03 Å². The van der Waals surface area contributed by atoms with Crippen LogP contribution in [-0.2, 0) is 17.8 Å². The maximum atomic E-state index is 12.2. The Balaban J connectivity index is 1.69. The Kier molecular flexibility index (Phi) is 2.68. The van der Waals surface area contributed by atoms with Crippen molar-refractivity contribution in [1.82, 2.24) is 14.8 Å². The molecular formula is C12H15N3O2. The number of carbonyl (C=O) groups excluding carboxylic acids is 1. The van der Waals surface area contributed by atoms with Gasteiger partial charge in [-0.2, -0.15) is 0 Å². The Morgan fingerprint density at radius 1 is 1.24 bits per heavy atom. The fourth-order valence-electron chi connectivity index (χ4n) is 2.29. The quantitative estimate of drug-likeness (QED) is 0.667. The molecule has 0 N–H and O–H groups in total. The molecule has 2 amide bonds. The number of aromatic nitrogens is 1. The zero-order valence-corrected chi connectivity index (χ0v) is 9.63. The number of amides is 2. The van der Waals surface area contributed by atoms with E-state index in [1.807, 2.05) is 21.9 Å². The van der Waals surface area contributed by atoms with Crippen LogP contribution in [0.25, 0.3) is 0 Å². The van der Waals surface area contributed by atoms with E-state index in [1.165, 1.54) is 0 Å². The smallest absolute Gasteiger partial charge is 0.320 e. The summed E-state index contributed by atoms with van der Waals surface area (Å²) < 4.78 is 5.25. The highest BCUT2D eigenvalue weighted by Gasteiger charge is 2.28. The minimum absolute atomic E-state index is 0.103. The van der Waals surface area contributed by atoms with E-state index in [2.05, 4.69) is 4.98 Å². The molecule has 1 aromatic heterocycles. The van der Waals surface area contributed by atoms with Gasteiger partial charge in [-0.15, -0.1) is 0 Å². The number of ether oxygens (including phenoxy) is 1. The Labute approximate surface area is 100.0 Å². The molecule has 0 spiro atoms. The Bertz CT molecular complexity index is 405. The maximum absolute atomic E-state index is 12.2. The fourth-order valence-corrected chi connectivity index (χ4v) is 2.29. The summed E-state index contributed by atoms with van der Waals surface area (Å²) in [4.78, 5) is 20.2. The molecule has 0 aromatic carbocycles. The van der Waals surface area contributed by atoms with E-state index in [0.29, 0.717) is 39.4 Å². The van der Waals surface area contributed by atoms with Gasteiger partial charge in [-0.05, 0) is 11.6 Å². The van der Waals surface area contributed by atoms with Crippen molar-refractivity contribution in [3.05, 3.63) is 29.6 Å². The molecular weight excluding hydrogens is 218 g/mol. The van der Waals surface area contributed by atoms with Crippen LogP contribution < -0.4 is 0 Å². The van der Waals surface area contributed by atoms with Crippen LogP contribution in [0.3, 0.4) is 0 Å². The number of pyridine rings is 1. The van der Waals surface area contributed by atoms with Crippen LogP contribution in [0.15, 0.2) is 18.3 Å². The lowest BCUT2D eigenvalue weighted by molar-refractivity contribution is 0.0429. The van der Waals surface area contributed by atoms with Crippen LogP contribution in [0.2, 0.25) is 0 Å². The van der Waals surface area contributed by atoms with Crippen molar-refractivity contribution in [1.29, 1.82) is 0 Å². The Morgan fingerprint density at radius 3 is 2.82 bits per heavy atom. The lowest BCUT2D eigenvalue weighted by atomic mass is 10.2. The highest BCUT2D eigenvalue weighted by Crippen LogP contribution is 2.21. The van der Waals surface area contributed by atoms with Gasteiger partial charge in [-0.1, -0.05) is 6.07 Å². The largest absolute Gasteiger partial charge is 0.378 e. The molecule has 5 nitrogen and oxygen atoms in total. The Hall–Kier alpha value is -1.62. The van der Waals surface area contributed by atoms with Crippen LogP contribution in [0, 0.1) is 0 Å². The van der Waals surface area contributed by atoms with Crippen LogP contribution >= 0.6 is 0 Å². The first-order valence-electron chi connectivity index (χ1n) is 5.89. The van der Waals surface area contributed by atoms with Crippen molar-refractivity contribution < 1.29 is 9.53 Å². The van der Waals surface area contributed by atoms with E-state index in [9.17, 15) is 4.79 Å². The van der Waals surface area contributed by atoms with Crippen LogP contribution in [0.1, 0.15) is 11.3 Å². The number of fused-ring (bicyclic) bond motifs is 1. The molecule has 0 radical (unpaired) electrons. The van der Waals surface area contributed by atoms with Gasteiger partial charge in [0.05, 0.1) is 25.5 Å². The molecule has 0 aliphatic carbocycles. The number of carbonyl (C=O) groups is 1. The minimum atomic E-state index is 0.103. The normalized spacial score (nSPS) is 19.3. The van der Waals surface area contributed by atoms with E-state index in [-0.39, 0.29) is 6.03 Å². The van der Waals surface area contributed by atoms with Crippen LogP contribution in [-0.4, -0.2) is 47.1 Å². The van der Waals surface area contributed by atoms with Gasteiger partial charge in [0.1, 0.15) is 0 Å². The molecule has 17 heavy (non-hydrogen) atoms. The SMILES string of the molecule is O=C(N1CCOCC1)N1Cc2cccnc2C1. The average molecular weight is 233 g/mol. The highest BCUT2D eigenvalue weighted by atomic mass is 16.5. The molecule has 2 aliphatic rings. The molecule has 0 unspecified atom stereocenters. The molecule has 0 atom stereocenters. The molecule has 5 heteroatoms. The standard InChI is InChI=1S/C12H15N3O2/c16-12(14-4-6-17-7-5-14)15-8-10-2-1-3-13-11(10)9-15/h1-3H,4-9H2. The van der Waals surface area contributed by atoms with Crippen molar-refractivity contribution >= 4 is 6.03 Å². The fraction of sp³-hybridized carbons (Fsp3) is 0.500. The predicted molar refractivity (Wildman–Crippen MR) is 61.3 cm³/mol. The minimum Gasteiger partial charge on any atom is -0.378 e. The third-order valence-corrected chi connectivity index (χ3v) is 3.24. The third-order valence-electron chi connectivity index (χ3n) is 3.24. The Morgan fingerprint density at radius 2 is 2.06 bits per heavy atom. The zero-order chi connectivity index (χ0) is 11.7. The second-order valence-corrected chi connectivity index (χ2v) is 4.35. The first-order chi connectivity index (χ1) is 8.34. The van der Waals surface area contributed by atoms with Gasteiger partial charge in [0.25, 0.3) is 0 Å². The lowest BCUT2D eigenvalue weighted by Gasteiger charge is -2.30. The molecule has 1 aromatic rings. The van der Waals surface area contributed by atoms with Crippen molar-refractivity contribution in [2.45, 2.75) is 13.1 Å². The summed E-state index contributed by atoms with van der Waals surface area (Å²) in [7, 11) is 0. The first kappa shape index (κ1) is 10.5. The van der Waals surface area contributed by atoms with Crippen molar-refractivity contribution in [3.8, 4) is 0 Å². The van der Waals surface area contributed by atoms with E-state index >= 15 is 0 Å². The van der Waals surface area contributed by atoms with Gasteiger partial charge in [-0.25, -0.2) is 4.79 Å². The monoisotopic (exact) mass is 233 g/mol. The van der Waals surface area contributed by atoms with Gasteiger partial charge in [0.2, 0.25) is 0 Å². The summed E-state index contributed by atoms with van der Waals surface area (Å²) in [6, 6.07) is 4.06. The zero-order valence-electron chi connectivity index (χ0n) is 9.63. The van der Waals surface area contributed by atoms with Crippen molar-refractivity contribution in [2.24, 2.45) is 0 Å². The molecule has 1 fully saturated rings. The molecule has 3 heterocycles. The summed E-state index contributed by atoms with van der Waals surface area (Å²) in [6.07, 6.45) is 1.78. The number of hydrogen-bond donors (Lipinski definition) is 0. The number of rotatable bonds is 0. The molecule has 90 valence electrons. The van der Waals surface area contributed by atoms with E-state index < -0.39 is 0 Å². The van der Waals surface area contributed by atoms with E-state index in [0.717, 1.165) is 11.3 Å². The predicted octanol–water partition coefficient (Wildman–Crippen LogP) is 0.849. The average Bonchev–Trinajstić information content (AvgIpc) is 2.82. The molecule has 3 rings (SSSR count). The van der Waals surface area contributed by atoms with Crippen LogP contribution in [0.4, 0.5) is 4.79 Å². The molecule has 1 saturated heterocycles. The number of urea groups is 1. The topological polar surface area (TPSA) is 45.7 Å². The van der Waals surface area contributed by atoms with Gasteiger partial charge in [-0.3, -0.25) is 4.98 Å². The maximum Gasteiger partial charge on any atom is 0.320 e. The van der Waals surface area contributed by atoms with E-state index in [4.69, 9.17) is 4.74 Å². The van der Waals surface area contributed by atoms with Crippen molar-refractivity contribution in [2.75, 3.05) is 26.3 Å². The van der Waals surface area contributed by atoms with Gasteiger partial charge in [0, 0.05) is 25.8 Å². The summed E-state index contributed by atoms with van der Waals surface area (Å²) in [5, 5.41) is 0. The summed E-state index contributed by atoms with van der Waals surface area (Å²) >= 11 is 0. The van der Waals surface area contributed by atoms with E-state index in [1.54, 1.807) is 6.20 Å². The third kappa shape index (κ3) is 1.98. The first-order valence-corrected chi connectivity index (χ1v) is 5.89. The number of morpholine rings is 1. The van der Waals surface area contributed by atoms with Crippen LogP contribution in [0.5, 0.6) is 0 Å². The molecule has 0 bridgehead atoms. The van der Waals surface area contributed by atoms with Gasteiger partial charge in [0.15, 0.2) is 0 Å². The highest BCUT2D eigenvalue weighted by molar-refractivity contribution is 5.75. The molecule has 0 saturated carbocycles. The summed E-state index contributed by atoms with van der Waals surface area (Å²) in [5.41, 5.74) is 2.18. The molecule has 2 aliphatic heterocycles. The second kappa shape index (κ2) is 4.33. The van der Waals surface area contributed by atoms with Crippen molar-refractivity contribution in [3.63, 3.8) is 0 Å². The van der Waals surface area contributed by atoms with Gasteiger partial charge < -0.3 is 14.5 Å². The number of hydrogen-bond acceptors (Lipinski definition) is 3. The summed E-state index contributed by atoms with van der Waals surface area (Å²) in [6.45, 7) is 3.99.